The highest BCUT2D eigenvalue weighted by molar-refractivity contribution is 5.92. The Kier molecular flexibility index (Phi) is 5.67. The first-order valence-corrected chi connectivity index (χ1v) is 7.34. The van der Waals surface area contributed by atoms with Crippen molar-refractivity contribution in [2.24, 2.45) is 0 Å². The van der Waals surface area contributed by atoms with Gasteiger partial charge in [0.15, 0.2) is 5.82 Å². The Bertz CT molecular complexity index is 683. The van der Waals surface area contributed by atoms with Crippen LogP contribution in [-0.2, 0) is 16.1 Å². The lowest BCUT2D eigenvalue weighted by Crippen LogP contribution is -2.19. The molecule has 2 aromatic rings. The minimum absolute atomic E-state index is 0.0184. The fourth-order valence-corrected chi connectivity index (χ4v) is 1.85. The SMILES string of the molecule is CCOc1ccccc1NC(=O)Cn1cc(NC(=O)CC)nn1. The zero-order valence-corrected chi connectivity index (χ0v) is 13.1. The second kappa shape index (κ2) is 7.92. The average Bonchev–Trinajstić information content (AvgIpc) is 2.96. The van der Waals surface area contributed by atoms with E-state index >= 15 is 0 Å². The third-order valence-corrected chi connectivity index (χ3v) is 2.89. The fourth-order valence-electron chi connectivity index (χ4n) is 1.85. The van der Waals surface area contributed by atoms with E-state index in [0.717, 1.165) is 0 Å². The van der Waals surface area contributed by atoms with Gasteiger partial charge in [-0.05, 0) is 19.1 Å². The van der Waals surface area contributed by atoms with Crippen LogP contribution in [-0.4, -0.2) is 33.4 Å². The summed E-state index contributed by atoms with van der Waals surface area (Å²) < 4.78 is 6.80. The predicted octanol–water partition coefficient (Wildman–Crippen LogP) is 1.66. The van der Waals surface area contributed by atoms with E-state index in [1.165, 1.54) is 10.9 Å². The lowest BCUT2D eigenvalue weighted by molar-refractivity contribution is -0.117. The molecule has 0 radical (unpaired) electrons. The zero-order valence-electron chi connectivity index (χ0n) is 13.1. The number of carbonyl (C=O) groups excluding carboxylic acids is 2. The quantitative estimate of drug-likeness (QED) is 0.809. The molecule has 23 heavy (non-hydrogen) atoms. The Balaban J connectivity index is 1.96. The maximum atomic E-state index is 12.1. The van der Waals surface area contributed by atoms with Crippen molar-refractivity contribution in [2.45, 2.75) is 26.8 Å². The molecular weight excluding hydrogens is 298 g/mol. The van der Waals surface area contributed by atoms with Crippen molar-refractivity contribution in [1.82, 2.24) is 15.0 Å². The van der Waals surface area contributed by atoms with Crippen LogP contribution in [0.15, 0.2) is 30.5 Å². The first-order chi connectivity index (χ1) is 11.1. The molecule has 1 aromatic heterocycles. The van der Waals surface area contributed by atoms with E-state index in [2.05, 4.69) is 20.9 Å². The summed E-state index contributed by atoms with van der Waals surface area (Å²) in [5.41, 5.74) is 0.596. The van der Waals surface area contributed by atoms with Crippen LogP contribution in [0.4, 0.5) is 11.5 Å². The second-order valence-corrected chi connectivity index (χ2v) is 4.68. The van der Waals surface area contributed by atoms with Gasteiger partial charge in [-0.1, -0.05) is 24.3 Å². The van der Waals surface area contributed by atoms with E-state index in [1.807, 2.05) is 19.1 Å². The van der Waals surface area contributed by atoms with Crippen molar-refractivity contribution in [2.75, 3.05) is 17.2 Å². The third-order valence-electron chi connectivity index (χ3n) is 2.89. The topological polar surface area (TPSA) is 98.1 Å². The normalized spacial score (nSPS) is 10.2. The van der Waals surface area contributed by atoms with Crippen LogP contribution >= 0.6 is 0 Å². The summed E-state index contributed by atoms with van der Waals surface area (Å²) in [7, 11) is 0. The molecule has 0 saturated heterocycles. The van der Waals surface area contributed by atoms with Crippen LogP contribution in [0.3, 0.4) is 0 Å². The first kappa shape index (κ1) is 16.5. The summed E-state index contributed by atoms with van der Waals surface area (Å²) in [6, 6.07) is 7.19. The number of anilines is 2. The Morgan fingerprint density at radius 3 is 2.70 bits per heavy atom. The molecule has 0 fully saturated rings. The molecule has 8 nitrogen and oxygen atoms in total. The van der Waals surface area contributed by atoms with E-state index < -0.39 is 0 Å². The van der Waals surface area contributed by atoms with Crippen molar-refractivity contribution in [3.8, 4) is 5.75 Å². The van der Waals surface area contributed by atoms with Gasteiger partial charge in [-0.25, -0.2) is 4.68 Å². The summed E-state index contributed by atoms with van der Waals surface area (Å²) in [6.07, 6.45) is 1.85. The summed E-state index contributed by atoms with van der Waals surface area (Å²) >= 11 is 0. The van der Waals surface area contributed by atoms with Gasteiger partial charge in [-0.15, -0.1) is 5.10 Å². The molecule has 0 spiro atoms. The van der Waals surface area contributed by atoms with Gasteiger partial charge in [0.25, 0.3) is 0 Å². The molecule has 1 aromatic carbocycles. The number of benzene rings is 1. The molecule has 122 valence electrons. The number of amides is 2. The molecule has 2 N–H and O–H groups in total. The lowest BCUT2D eigenvalue weighted by Gasteiger charge is -2.10. The molecule has 0 aliphatic rings. The number of aromatic nitrogens is 3. The van der Waals surface area contributed by atoms with Crippen LogP contribution in [0, 0.1) is 0 Å². The maximum Gasteiger partial charge on any atom is 0.246 e. The van der Waals surface area contributed by atoms with Gasteiger partial charge in [0.05, 0.1) is 18.5 Å². The van der Waals surface area contributed by atoms with Gasteiger partial charge < -0.3 is 15.4 Å². The van der Waals surface area contributed by atoms with Crippen LogP contribution in [0.1, 0.15) is 20.3 Å². The van der Waals surface area contributed by atoms with E-state index in [1.54, 1.807) is 19.1 Å². The van der Waals surface area contributed by atoms with Crippen LogP contribution in [0.25, 0.3) is 0 Å². The summed E-state index contributed by atoms with van der Waals surface area (Å²) in [5.74, 6) is 0.500. The zero-order chi connectivity index (χ0) is 16.7. The largest absolute Gasteiger partial charge is 0.492 e. The molecule has 2 rings (SSSR count). The average molecular weight is 317 g/mol. The Labute approximate surface area is 133 Å². The van der Waals surface area contributed by atoms with E-state index in [-0.39, 0.29) is 18.4 Å². The summed E-state index contributed by atoms with van der Waals surface area (Å²) in [5, 5.41) is 12.9. The van der Waals surface area contributed by atoms with Gasteiger partial charge in [-0.3, -0.25) is 9.59 Å². The monoisotopic (exact) mass is 317 g/mol. The van der Waals surface area contributed by atoms with Gasteiger partial charge in [0.2, 0.25) is 11.8 Å². The number of para-hydroxylation sites is 2. The fraction of sp³-hybridized carbons (Fsp3) is 0.333. The third kappa shape index (κ3) is 4.80. The van der Waals surface area contributed by atoms with Gasteiger partial charge in [0.1, 0.15) is 12.3 Å². The predicted molar refractivity (Wildman–Crippen MR) is 85.2 cm³/mol. The number of rotatable bonds is 7. The van der Waals surface area contributed by atoms with Crippen LogP contribution in [0.5, 0.6) is 5.75 Å². The number of nitrogens with zero attached hydrogens (tertiary/aromatic N) is 3. The molecule has 2 amide bonds. The molecule has 0 aliphatic heterocycles. The second-order valence-electron chi connectivity index (χ2n) is 4.68. The first-order valence-electron chi connectivity index (χ1n) is 7.34. The molecular formula is C15H19N5O3. The number of ether oxygens (including phenoxy) is 1. The van der Waals surface area contributed by atoms with E-state index in [9.17, 15) is 9.59 Å². The van der Waals surface area contributed by atoms with Crippen molar-refractivity contribution >= 4 is 23.3 Å². The Morgan fingerprint density at radius 1 is 1.17 bits per heavy atom. The number of carbonyl (C=O) groups is 2. The number of nitrogens with one attached hydrogen (secondary N) is 2. The summed E-state index contributed by atoms with van der Waals surface area (Å²) in [6.45, 7) is 4.11. The molecule has 8 heteroatoms. The van der Waals surface area contributed by atoms with E-state index in [0.29, 0.717) is 30.3 Å². The molecule has 0 atom stereocenters. The minimum atomic E-state index is -0.268. The van der Waals surface area contributed by atoms with Crippen molar-refractivity contribution in [3.05, 3.63) is 30.5 Å². The smallest absolute Gasteiger partial charge is 0.246 e. The Morgan fingerprint density at radius 2 is 1.96 bits per heavy atom. The Hall–Kier alpha value is -2.90. The summed E-state index contributed by atoms with van der Waals surface area (Å²) in [4.78, 5) is 23.4. The van der Waals surface area contributed by atoms with Crippen molar-refractivity contribution in [1.29, 1.82) is 0 Å². The highest BCUT2D eigenvalue weighted by atomic mass is 16.5. The highest BCUT2D eigenvalue weighted by Crippen LogP contribution is 2.23. The van der Waals surface area contributed by atoms with E-state index in [4.69, 9.17) is 4.74 Å². The molecule has 0 aliphatic carbocycles. The lowest BCUT2D eigenvalue weighted by atomic mass is 10.3. The van der Waals surface area contributed by atoms with Gasteiger partial charge >= 0.3 is 0 Å². The van der Waals surface area contributed by atoms with Gasteiger partial charge in [-0.2, -0.15) is 0 Å². The number of hydrogen-bond donors (Lipinski definition) is 2. The van der Waals surface area contributed by atoms with Crippen molar-refractivity contribution in [3.63, 3.8) is 0 Å². The van der Waals surface area contributed by atoms with Crippen LogP contribution in [0.2, 0.25) is 0 Å². The van der Waals surface area contributed by atoms with Crippen molar-refractivity contribution < 1.29 is 14.3 Å². The van der Waals surface area contributed by atoms with Crippen LogP contribution < -0.4 is 15.4 Å². The molecule has 0 bridgehead atoms. The molecule has 1 heterocycles. The number of hydrogen-bond acceptors (Lipinski definition) is 5. The highest BCUT2D eigenvalue weighted by Gasteiger charge is 2.10. The minimum Gasteiger partial charge on any atom is -0.492 e. The molecule has 0 unspecified atom stereocenters. The molecule has 0 saturated carbocycles. The van der Waals surface area contributed by atoms with Gasteiger partial charge in [0, 0.05) is 6.42 Å². The maximum absolute atomic E-state index is 12.1. The standard InChI is InChI=1S/C15H19N5O3/c1-3-14(21)17-13-9-20(19-18-13)10-15(22)16-11-7-5-6-8-12(11)23-4-2/h5-9H,3-4,10H2,1-2H3,(H,16,22)(H,17,21).